The number of carbonyl (C=O) groups is 2. The third-order valence-corrected chi connectivity index (χ3v) is 2.42. The van der Waals surface area contributed by atoms with Gasteiger partial charge in [0.2, 0.25) is 5.91 Å². The molecular formula is C11H11NO2. The summed E-state index contributed by atoms with van der Waals surface area (Å²) in [6.45, 7) is 1.88. The van der Waals surface area contributed by atoms with Crippen LogP contribution >= 0.6 is 0 Å². The van der Waals surface area contributed by atoms with Crippen molar-refractivity contribution in [2.45, 2.75) is 19.4 Å². The highest BCUT2D eigenvalue weighted by Gasteiger charge is 2.37. The molecule has 14 heavy (non-hydrogen) atoms. The average molecular weight is 189 g/mol. The number of nitrogens with zero attached hydrogens (tertiary/aromatic N) is 1. The van der Waals surface area contributed by atoms with Crippen LogP contribution in [0.25, 0.3) is 0 Å². The number of carbonyl (C=O) groups excluding carboxylic acids is 2. The molecule has 0 saturated carbocycles. The van der Waals surface area contributed by atoms with Crippen LogP contribution in [0.5, 0.6) is 0 Å². The van der Waals surface area contributed by atoms with Crippen molar-refractivity contribution in [1.82, 2.24) is 4.90 Å². The molecule has 3 heteroatoms. The van der Waals surface area contributed by atoms with E-state index in [4.69, 9.17) is 0 Å². The Hall–Kier alpha value is -1.64. The quantitative estimate of drug-likeness (QED) is 0.495. The van der Waals surface area contributed by atoms with E-state index in [-0.39, 0.29) is 17.9 Å². The second-order valence-corrected chi connectivity index (χ2v) is 3.49. The van der Waals surface area contributed by atoms with E-state index in [1.165, 1.54) is 4.90 Å². The number of benzene rings is 1. The highest BCUT2D eigenvalue weighted by atomic mass is 16.2. The molecule has 1 aliphatic rings. The molecule has 0 aromatic heterocycles. The number of imide groups is 1. The first-order valence-electron chi connectivity index (χ1n) is 4.61. The molecule has 1 aromatic carbocycles. The van der Waals surface area contributed by atoms with Gasteiger partial charge >= 0.3 is 0 Å². The summed E-state index contributed by atoms with van der Waals surface area (Å²) in [6, 6.07) is 8.93. The van der Waals surface area contributed by atoms with Crippen molar-refractivity contribution in [3.05, 3.63) is 35.9 Å². The molecule has 2 amide bonds. The Morgan fingerprint density at radius 1 is 1.36 bits per heavy atom. The van der Waals surface area contributed by atoms with Crippen LogP contribution in [-0.2, 0) is 4.79 Å². The van der Waals surface area contributed by atoms with Crippen molar-refractivity contribution in [3.8, 4) is 0 Å². The number of hydrogen-bond donors (Lipinski definition) is 0. The molecule has 72 valence electrons. The van der Waals surface area contributed by atoms with Gasteiger partial charge in [0.15, 0.2) is 0 Å². The number of β-lactam (4-membered cyclic amide) rings is 1. The lowest BCUT2D eigenvalue weighted by Gasteiger charge is -2.36. The average Bonchev–Trinajstić information content (AvgIpc) is 2.18. The van der Waals surface area contributed by atoms with Gasteiger partial charge < -0.3 is 0 Å². The molecule has 0 N–H and O–H groups in total. The Morgan fingerprint density at radius 2 is 2.00 bits per heavy atom. The predicted octanol–water partition coefficient (Wildman–Crippen LogP) is 1.45. The molecule has 0 aliphatic carbocycles. The summed E-state index contributed by atoms with van der Waals surface area (Å²) >= 11 is 0. The van der Waals surface area contributed by atoms with E-state index >= 15 is 0 Å². The molecule has 1 aromatic rings. The molecular weight excluding hydrogens is 178 g/mol. The number of rotatable bonds is 1. The zero-order valence-electron chi connectivity index (χ0n) is 7.93. The van der Waals surface area contributed by atoms with Gasteiger partial charge in [-0.3, -0.25) is 14.5 Å². The summed E-state index contributed by atoms with van der Waals surface area (Å²) in [5.41, 5.74) is 0.576. The first-order chi connectivity index (χ1) is 6.70. The molecule has 0 bridgehead atoms. The van der Waals surface area contributed by atoms with E-state index in [0.29, 0.717) is 12.0 Å². The third kappa shape index (κ3) is 1.31. The Kier molecular flexibility index (Phi) is 2.08. The summed E-state index contributed by atoms with van der Waals surface area (Å²) in [7, 11) is 0. The van der Waals surface area contributed by atoms with E-state index in [1.807, 2.05) is 13.0 Å². The highest BCUT2D eigenvalue weighted by molar-refractivity contribution is 6.08. The van der Waals surface area contributed by atoms with Crippen LogP contribution in [0.4, 0.5) is 0 Å². The number of hydrogen-bond acceptors (Lipinski definition) is 2. The molecule has 0 unspecified atom stereocenters. The van der Waals surface area contributed by atoms with Crippen molar-refractivity contribution in [2.75, 3.05) is 0 Å². The number of amides is 2. The lowest BCUT2D eigenvalue weighted by atomic mass is 10.0. The Morgan fingerprint density at radius 3 is 2.50 bits per heavy atom. The van der Waals surface area contributed by atoms with Crippen LogP contribution in [0.1, 0.15) is 23.7 Å². The molecule has 3 nitrogen and oxygen atoms in total. The van der Waals surface area contributed by atoms with Gasteiger partial charge in [0.05, 0.1) is 0 Å². The van der Waals surface area contributed by atoms with Crippen molar-refractivity contribution >= 4 is 11.8 Å². The van der Waals surface area contributed by atoms with E-state index in [9.17, 15) is 9.59 Å². The van der Waals surface area contributed by atoms with Crippen LogP contribution in [0.15, 0.2) is 30.3 Å². The monoisotopic (exact) mass is 189 g/mol. The van der Waals surface area contributed by atoms with E-state index in [0.717, 1.165) is 0 Å². The van der Waals surface area contributed by atoms with E-state index in [1.54, 1.807) is 24.3 Å². The lowest BCUT2D eigenvalue weighted by Crippen LogP contribution is -2.54. The summed E-state index contributed by atoms with van der Waals surface area (Å²) in [5.74, 6) is -0.263. The summed E-state index contributed by atoms with van der Waals surface area (Å²) in [4.78, 5) is 24.2. The topological polar surface area (TPSA) is 37.4 Å². The molecule has 1 atom stereocenters. The van der Waals surface area contributed by atoms with Crippen molar-refractivity contribution < 1.29 is 9.59 Å². The minimum absolute atomic E-state index is 0.0511. The van der Waals surface area contributed by atoms with Crippen molar-refractivity contribution in [1.29, 1.82) is 0 Å². The molecule has 1 aliphatic heterocycles. The van der Waals surface area contributed by atoms with Gasteiger partial charge in [-0.1, -0.05) is 18.2 Å². The molecule has 2 rings (SSSR count). The van der Waals surface area contributed by atoms with Crippen molar-refractivity contribution in [2.24, 2.45) is 0 Å². The second kappa shape index (κ2) is 3.25. The third-order valence-electron chi connectivity index (χ3n) is 2.42. The van der Waals surface area contributed by atoms with Gasteiger partial charge in [-0.25, -0.2) is 0 Å². The van der Waals surface area contributed by atoms with Crippen LogP contribution < -0.4 is 0 Å². The zero-order valence-corrected chi connectivity index (χ0v) is 7.93. The van der Waals surface area contributed by atoms with Gasteiger partial charge in [0, 0.05) is 18.0 Å². The molecule has 1 saturated heterocycles. The summed E-state index contributed by atoms with van der Waals surface area (Å²) < 4.78 is 0. The molecule has 1 fully saturated rings. The van der Waals surface area contributed by atoms with E-state index in [2.05, 4.69) is 0 Å². The zero-order chi connectivity index (χ0) is 10.1. The van der Waals surface area contributed by atoms with Gasteiger partial charge in [0.25, 0.3) is 5.91 Å². The Labute approximate surface area is 82.3 Å². The van der Waals surface area contributed by atoms with Gasteiger partial charge in [-0.2, -0.15) is 0 Å². The van der Waals surface area contributed by atoms with Gasteiger partial charge in [0.1, 0.15) is 0 Å². The maximum absolute atomic E-state index is 11.8. The maximum Gasteiger partial charge on any atom is 0.260 e. The Balaban J connectivity index is 2.21. The first kappa shape index (κ1) is 8.94. The largest absolute Gasteiger partial charge is 0.275 e. The fourth-order valence-corrected chi connectivity index (χ4v) is 1.61. The SMILES string of the molecule is C[C@@H]1CC(=O)N1C(=O)c1ccccc1. The first-order valence-corrected chi connectivity index (χ1v) is 4.61. The van der Waals surface area contributed by atoms with Crippen molar-refractivity contribution in [3.63, 3.8) is 0 Å². The van der Waals surface area contributed by atoms with Crippen LogP contribution in [0, 0.1) is 0 Å². The molecule has 1 heterocycles. The van der Waals surface area contributed by atoms with Crippen LogP contribution in [-0.4, -0.2) is 22.8 Å². The van der Waals surface area contributed by atoms with Crippen LogP contribution in [0.2, 0.25) is 0 Å². The van der Waals surface area contributed by atoms with Gasteiger partial charge in [-0.15, -0.1) is 0 Å². The number of likely N-dealkylation sites (tertiary alicyclic amines) is 1. The van der Waals surface area contributed by atoms with Crippen LogP contribution in [0.3, 0.4) is 0 Å². The maximum atomic E-state index is 11.8. The highest BCUT2D eigenvalue weighted by Crippen LogP contribution is 2.21. The minimum atomic E-state index is -0.186. The van der Waals surface area contributed by atoms with Gasteiger partial charge in [-0.05, 0) is 19.1 Å². The Bertz CT molecular complexity index is 372. The van der Waals surface area contributed by atoms with E-state index < -0.39 is 0 Å². The standard InChI is InChI=1S/C11H11NO2/c1-8-7-10(13)12(8)11(14)9-5-3-2-4-6-9/h2-6,8H,7H2,1H3/t8-/m1/s1. The summed E-state index contributed by atoms with van der Waals surface area (Å²) in [5, 5.41) is 0. The lowest BCUT2D eigenvalue weighted by molar-refractivity contribution is -0.140. The smallest absolute Gasteiger partial charge is 0.260 e. The predicted molar refractivity (Wildman–Crippen MR) is 51.7 cm³/mol. The summed E-state index contributed by atoms with van der Waals surface area (Å²) in [6.07, 6.45) is 0.485. The molecule has 0 radical (unpaired) electrons. The molecule has 0 spiro atoms. The fourth-order valence-electron chi connectivity index (χ4n) is 1.61. The fraction of sp³-hybridized carbons (Fsp3) is 0.273. The minimum Gasteiger partial charge on any atom is -0.275 e. The second-order valence-electron chi connectivity index (χ2n) is 3.49. The normalized spacial score (nSPS) is 20.5.